The SMILES string of the molecule is CCN(CC)C(=O)CN1C(=O)[C@@H](C)N(c2ccccc2)C1=O. The maximum absolute atomic E-state index is 12.5. The van der Waals surface area contributed by atoms with E-state index in [1.165, 1.54) is 4.90 Å². The first-order chi connectivity index (χ1) is 10.5. The summed E-state index contributed by atoms with van der Waals surface area (Å²) < 4.78 is 0. The van der Waals surface area contributed by atoms with Crippen molar-refractivity contribution in [3.63, 3.8) is 0 Å². The molecule has 6 nitrogen and oxygen atoms in total. The van der Waals surface area contributed by atoms with Gasteiger partial charge in [-0.3, -0.25) is 19.4 Å². The van der Waals surface area contributed by atoms with E-state index in [0.717, 1.165) is 4.90 Å². The summed E-state index contributed by atoms with van der Waals surface area (Å²) in [7, 11) is 0. The van der Waals surface area contributed by atoms with Crippen molar-refractivity contribution in [3.05, 3.63) is 30.3 Å². The van der Waals surface area contributed by atoms with Gasteiger partial charge >= 0.3 is 6.03 Å². The van der Waals surface area contributed by atoms with Gasteiger partial charge in [-0.05, 0) is 32.9 Å². The molecule has 1 fully saturated rings. The zero-order valence-electron chi connectivity index (χ0n) is 13.2. The van der Waals surface area contributed by atoms with Gasteiger partial charge in [-0.15, -0.1) is 0 Å². The van der Waals surface area contributed by atoms with Crippen LogP contribution in [0.4, 0.5) is 10.5 Å². The second-order valence-corrected chi connectivity index (χ2v) is 5.15. The highest BCUT2D eigenvalue weighted by Gasteiger charge is 2.44. The van der Waals surface area contributed by atoms with E-state index >= 15 is 0 Å². The summed E-state index contributed by atoms with van der Waals surface area (Å²) in [4.78, 5) is 41.1. The molecule has 0 aromatic heterocycles. The van der Waals surface area contributed by atoms with Gasteiger partial charge in [0.25, 0.3) is 5.91 Å². The van der Waals surface area contributed by atoms with E-state index in [0.29, 0.717) is 18.8 Å². The number of urea groups is 1. The first-order valence-electron chi connectivity index (χ1n) is 7.48. The lowest BCUT2D eigenvalue weighted by Gasteiger charge is -2.22. The molecule has 1 aromatic carbocycles. The van der Waals surface area contributed by atoms with Crippen molar-refractivity contribution in [2.45, 2.75) is 26.8 Å². The summed E-state index contributed by atoms with van der Waals surface area (Å²) in [5.74, 6) is -0.553. The first kappa shape index (κ1) is 16.0. The molecule has 0 unspecified atom stereocenters. The van der Waals surface area contributed by atoms with Crippen molar-refractivity contribution in [1.82, 2.24) is 9.80 Å². The van der Waals surface area contributed by atoms with E-state index < -0.39 is 12.1 Å². The molecule has 0 spiro atoms. The molecule has 0 saturated carbocycles. The lowest BCUT2D eigenvalue weighted by molar-refractivity contribution is -0.136. The van der Waals surface area contributed by atoms with Gasteiger partial charge in [-0.25, -0.2) is 4.79 Å². The zero-order valence-corrected chi connectivity index (χ0v) is 13.2. The van der Waals surface area contributed by atoms with Gasteiger partial charge in [0, 0.05) is 18.8 Å². The Morgan fingerprint density at radius 2 is 1.73 bits per heavy atom. The molecule has 1 aromatic rings. The summed E-state index contributed by atoms with van der Waals surface area (Å²) in [5.41, 5.74) is 0.658. The molecule has 4 amide bonds. The fraction of sp³-hybridized carbons (Fsp3) is 0.438. The highest BCUT2D eigenvalue weighted by molar-refractivity contribution is 6.15. The monoisotopic (exact) mass is 303 g/mol. The molecule has 0 aliphatic carbocycles. The Labute approximate surface area is 130 Å². The predicted molar refractivity (Wildman–Crippen MR) is 83.4 cm³/mol. The number of benzene rings is 1. The minimum atomic E-state index is -0.598. The maximum atomic E-state index is 12.5. The Morgan fingerprint density at radius 1 is 1.14 bits per heavy atom. The van der Waals surface area contributed by atoms with E-state index in [1.807, 2.05) is 32.0 Å². The molecular weight excluding hydrogens is 282 g/mol. The number of hydrogen-bond donors (Lipinski definition) is 0. The first-order valence-corrected chi connectivity index (χ1v) is 7.48. The number of imide groups is 1. The molecule has 0 radical (unpaired) electrons. The van der Waals surface area contributed by atoms with Crippen LogP contribution in [0.25, 0.3) is 0 Å². The number of rotatable bonds is 5. The molecule has 1 aliphatic rings. The third kappa shape index (κ3) is 2.81. The van der Waals surface area contributed by atoms with Gasteiger partial charge in [0.1, 0.15) is 12.6 Å². The normalized spacial score (nSPS) is 18.0. The Kier molecular flexibility index (Phi) is 4.80. The lowest BCUT2D eigenvalue weighted by Crippen LogP contribution is -2.43. The van der Waals surface area contributed by atoms with E-state index in [4.69, 9.17) is 0 Å². The summed E-state index contributed by atoms with van der Waals surface area (Å²) in [6, 6.07) is 7.98. The van der Waals surface area contributed by atoms with Gasteiger partial charge in [0.2, 0.25) is 5.91 Å². The maximum Gasteiger partial charge on any atom is 0.332 e. The summed E-state index contributed by atoms with van der Waals surface area (Å²) in [6.45, 7) is 6.33. The molecule has 22 heavy (non-hydrogen) atoms. The lowest BCUT2D eigenvalue weighted by atomic mass is 10.2. The zero-order chi connectivity index (χ0) is 16.3. The topological polar surface area (TPSA) is 60.9 Å². The average molecular weight is 303 g/mol. The van der Waals surface area contributed by atoms with Crippen molar-refractivity contribution in [2.75, 3.05) is 24.5 Å². The Bertz CT molecular complexity index is 569. The fourth-order valence-corrected chi connectivity index (χ4v) is 2.61. The van der Waals surface area contributed by atoms with Crippen LogP contribution in [0.15, 0.2) is 30.3 Å². The number of likely N-dealkylation sites (N-methyl/N-ethyl adjacent to an activating group) is 1. The summed E-state index contributed by atoms with van der Waals surface area (Å²) in [6.07, 6.45) is 0. The van der Waals surface area contributed by atoms with E-state index in [2.05, 4.69) is 0 Å². The van der Waals surface area contributed by atoms with Crippen molar-refractivity contribution in [3.8, 4) is 0 Å². The molecule has 2 rings (SSSR count). The highest BCUT2D eigenvalue weighted by Crippen LogP contribution is 2.25. The number of amides is 4. The number of hydrogen-bond acceptors (Lipinski definition) is 3. The molecule has 1 heterocycles. The largest absolute Gasteiger partial charge is 0.342 e. The van der Waals surface area contributed by atoms with Crippen LogP contribution in [-0.2, 0) is 9.59 Å². The molecule has 6 heteroatoms. The fourth-order valence-electron chi connectivity index (χ4n) is 2.61. The third-order valence-electron chi connectivity index (χ3n) is 3.89. The molecule has 0 N–H and O–H groups in total. The number of para-hydroxylation sites is 1. The van der Waals surface area contributed by atoms with Crippen LogP contribution in [0.3, 0.4) is 0 Å². The second kappa shape index (κ2) is 6.60. The average Bonchev–Trinajstić information content (AvgIpc) is 2.73. The second-order valence-electron chi connectivity index (χ2n) is 5.15. The van der Waals surface area contributed by atoms with E-state index in [1.54, 1.807) is 24.0 Å². The molecule has 1 atom stereocenters. The number of carbonyl (C=O) groups is 3. The van der Waals surface area contributed by atoms with Crippen molar-refractivity contribution < 1.29 is 14.4 Å². The molecular formula is C16H21N3O3. The summed E-state index contributed by atoms with van der Waals surface area (Å²) >= 11 is 0. The predicted octanol–water partition coefficient (Wildman–Crippen LogP) is 1.71. The standard InChI is InChI=1S/C16H21N3O3/c1-4-17(5-2)14(20)11-18-15(21)12(3)19(16(18)22)13-9-7-6-8-10-13/h6-10,12H,4-5,11H2,1-3H3/t12-/m1/s1. The van der Waals surface area contributed by atoms with Crippen LogP contribution in [0.2, 0.25) is 0 Å². The van der Waals surface area contributed by atoms with Crippen molar-refractivity contribution in [2.24, 2.45) is 0 Å². The number of carbonyl (C=O) groups excluding carboxylic acids is 3. The van der Waals surface area contributed by atoms with Gasteiger partial charge in [0.15, 0.2) is 0 Å². The summed E-state index contributed by atoms with van der Waals surface area (Å²) in [5, 5.41) is 0. The molecule has 0 bridgehead atoms. The Hall–Kier alpha value is -2.37. The number of nitrogens with zero attached hydrogens (tertiary/aromatic N) is 3. The Balaban J connectivity index is 2.19. The van der Waals surface area contributed by atoms with E-state index in [-0.39, 0.29) is 18.4 Å². The third-order valence-corrected chi connectivity index (χ3v) is 3.89. The van der Waals surface area contributed by atoms with E-state index in [9.17, 15) is 14.4 Å². The minimum Gasteiger partial charge on any atom is -0.342 e. The van der Waals surface area contributed by atoms with Crippen LogP contribution in [0, 0.1) is 0 Å². The molecule has 1 saturated heterocycles. The smallest absolute Gasteiger partial charge is 0.332 e. The van der Waals surface area contributed by atoms with Gasteiger partial charge in [0.05, 0.1) is 0 Å². The van der Waals surface area contributed by atoms with Crippen molar-refractivity contribution >= 4 is 23.5 Å². The Morgan fingerprint density at radius 3 is 2.27 bits per heavy atom. The van der Waals surface area contributed by atoms with Crippen molar-refractivity contribution in [1.29, 1.82) is 0 Å². The van der Waals surface area contributed by atoms with Crippen LogP contribution < -0.4 is 4.90 Å². The van der Waals surface area contributed by atoms with Gasteiger partial charge < -0.3 is 4.90 Å². The molecule has 1 aliphatic heterocycles. The minimum absolute atomic E-state index is 0.201. The van der Waals surface area contributed by atoms with Crippen LogP contribution >= 0.6 is 0 Å². The highest BCUT2D eigenvalue weighted by atomic mass is 16.2. The quantitative estimate of drug-likeness (QED) is 0.778. The number of anilines is 1. The van der Waals surface area contributed by atoms with Gasteiger partial charge in [-0.1, -0.05) is 18.2 Å². The van der Waals surface area contributed by atoms with Gasteiger partial charge in [-0.2, -0.15) is 0 Å². The van der Waals surface area contributed by atoms with Crippen LogP contribution in [0.1, 0.15) is 20.8 Å². The molecule has 118 valence electrons. The van der Waals surface area contributed by atoms with Crippen LogP contribution in [0.5, 0.6) is 0 Å². The van der Waals surface area contributed by atoms with Crippen LogP contribution in [-0.4, -0.2) is 53.3 Å².